The van der Waals surface area contributed by atoms with Crippen molar-refractivity contribution in [1.29, 1.82) is 0 Å². The van der Waals surface area contributed by atoms with Crippen LogP contribution in [0.2, 0.25) is 0 Å². The molecular formula is C99H66F12N10O12S3. The molecule has 0 aliphatic carbocycles. The molecule has 13 aromatic carbocycles. The smallest absolute Gasteiger partial charge is 0.411 e. The van der Waals surface area contributed by atoms with E-state index in [4.69, 9.17) is 57.5 Å². The van der Waals surface area contributed by atoms with Gasteiger partial charge in [-0.2, -0.15) is 52.7 Å². The predicted octanol–water partition coefficient (Wildman–Crippen LogP) is 19.9. The second kappa shape index (κ2) is 36.5. The molecule has 37 heteroatoms. The number of aromatic nitrogens is 4. The molecule has 13 N–H and O–H groups in total. The van der Waals surface area contributed by atoms with Crippen LogP contribution in [0.15, 0.2) is 318 Å². The van der Waals surface area contributed by atoms with E-state index in [1.54, 1.807) is 54.6 Å². The third kappa shape index (κ3) is 18.5. The van der Waals surface area contributed by atoms with Crippen LogP contribution >= 0.6 is 0 Å². The second-order valence-corrected chi connectivity index (χ2v) is 36.4. The molecule has 2 aliphatic heterocycles. The van der Waals surface area contributed by atoms with Crippen molar-refractivity contribution >= 4 is 115 Å². The second-order valence-electron chi connectivity index (χ2n) is 30.6. The van der Waals surface area contributed by atoms with Gasteiger partial charge in [-0.25, -0.2) is 49.6 Å². The number of alkyl halides is 12. The Balaban J connectivity index is 0.000000208. The van der Waals surface area contributed by atoms with Crippen LogP contribution in [0.3, 0.4) is 0 Å². The zero-order valence-corrected chi connectivity index (χ0v) is 72.0. The van der Waals surface area contributed by atoms with Crippen LogP contribution in [0.1, 0.15) is 92.3 Å². The van der Waals surface area contributed by atoms with E-state index in [1.165, 1.54) is 103 Å². The molecule has 0 spiro atoms. The van der Waals surface area contributed by atoms with Crippen LogP contribution in [0.4, 0.5) is 86.8 Å². The highest BCUT2D eigenvalue weighted by Crippen LogP contribution is 2.58. The van der Waals surface area contributed by atoms with Gasteiger partial charge < -0.3 is 48.2 Å². The number of carboxylic acids is 3. The lowest BCUT2D eigenvalue weighted by atomic mass is 9.72. The Morgan fingerprint density at radius 3 is 1.00 bits per heavy atom. The number of benzene rings is 13. The molecule has 0 unspecified atom stereocenters. The summed E-state index contributed by atoms with van der Waals surface area (Å²) in [7, 11) is -11.9. The first-order valence-corrected chi connectivity index (χ1v) is 44.1. The molecule has 0 fully saturated rings. The van der Waals surface area contributed by atoms with Gasteiger partial charge in [-0.1, -0.05) is 121 Å². The number of anilines is 4. The molecule has 22 nitrogen and oxygen atoms in total. The first-order chi connectivity index (χ1) is 64.1. The van der Waals surface area contributed by atoms with Gasteiger partial charge in [0, 0.05) is 40.7 Å². The lowest BCUT2D eigenvalue weighted by Gasteiger charge is -2.38. The lowest BCUT2D eigenvalue weighted by molar-refractivity contribution is -0.290. The summed E-state index contributed by atoms with van der Waals surface area (Å²) in [6.07, 6.45) is -6.86. The van der Waals surface area contributed by atoms with Crippen molar-refractivity contribution in [2.75, 3.05) is 22.9 Å². The molecule has 0 radical (unpaired) electrons. The summed E-state index contributed by atoms with van der Waals surface area (Å²) in [4.78, 5) is 56.5. The Morgan fingerprint density at radius 2 is 0.632 bits per heavy atom. The zero-order chi connectivity index (χ0) is 98.3. The van der Waals surface area contributed by atoms with Crippen molar-refractivity contribution < 1.29 is 108 Å². The summed E-state index contributed by atoms with van der Waals surface area (Å²) in [6.45, 7) is 0. The fourth-order valence-electron chi connectivity index (χ4n) is 15.2. The minimum absolute atomic E-state index is 0.0172. The van der Waals surface area contributed by atoms with Gasteiger partial charge in [0.15, 0.2) is 0 Å². The number of sulfone groups is 3. The fraction of sp³-hybridized carbons (Fsp3) is 0.0808. The number of nitrogens with zero attached hydrogens (tertiary/aromatic N) is 4. The van der Waals surface area contributed by atoms with Gasteiger partial charge in [-0.3, -0.25) is 9.98 Å². The van der Waals surface area contributed by atoms with Crippen molar-refractivity contribution in [3.05, 3.63) is 357 Å². The van der Waals surface area contributed by atoms with Gasteiger partial charge in [-0.05, 0) is 220 Å². The van der Waals surface area contributed by atoms with Gasteiger partial charge in [-0.15, -0.1) is 19.3 Å². The molecule has 17 rings (SSSR count). The fourth-order valence-corrected chi connectivity index (χ4v) is 19.2. The molecule has 4 heterocycles. The van der Waals surface area contributed by atoms with Gasteiger partial charge >= 0.3 is 42.6 Å². The Hall–Kier alpha value is -16.6. The monoisotopic (exact) mass is 1910 g/mol. The molecule has 0 saturated heterocycles. The van der Waals surface area contributed by atoms with Crippen LogP contribution in [-0.2, 0) is 53.2 Å². The van der Waals surface area contributed by atoms with Crippen molar-refractivity contribution in [1.82, 2.24) is 19.9 Å². The Kier molecular flexibility index (Phi) is 25.7. The molecule has 2 aliphatic rings. The number of rotatable bonds is 17. The third-order valence-electron chi connectivity index (χ3n) is 22.2. The highest BCUT2D eigenvalue weighted by Gasteiger charge is 2.74. The number of imidazole rings is 2. The average Bonchev–Trinajstić information content (AvgIpc) is 1.11. The quantitative estimate of drug-likeness (QED) is 0.0232. The number of halogens is 12. The summed E-state index contributed by atoms with van der Waals surface area (Å²) in [6, 6.07) is 58.5. The number of carboxylic acid groups (broad SMARTS) is 3. The number of aromatic amines is 2. The standard InChI is InChI=1S/C61H36F6N6O4S2.C17H10F6O4.C12H14N4O2S.C9H6O2/c1-3-35-7-5-9-39(27-35)54-32-42-30-46(20-24-50(42)69-54)79(76,77)47-21-25-51-55(33-47)72-57(70-51)38-13-17-44(18-14-38)59(60(62,63)64,61(65,66)67)43-15-11-37(12-16-43)53-31-41-29-45(19-23-49(41)68-53)78(74,75)48-22-26-52-56(34-48)73-58(71-52)40-10-6-8-36(4-2)28-40;18-16(19,20)15(17(21,22)23,11-5-1-9(2-6-11)13(24)25)12-7-3-10(4-8-12)14(26)27;13-9-3-1-7(5-11(9)15)19(17,18)8-2-4-10(14)12(16)6-8;1-2-7-4-3-5-8(6-7)9(10)11/h1-2,5-30,33-34H,31-32H2,(H,70,72)(H,71,73);1-8H,(H,24,25)(H,26,27);1-6H,13-16H2;1,3-6H,(H,10,11). The van der Waals surface area contributed by atoms with Crippen molar-refractivity contribution in [2.24, 2.45) is 9.98 Å². The minimum Gasteiger partial charge on any atom is -0.478 e. The number of fused-ring (bicyclic) bond motifs is 4. The summed E-state index contributed by atoms with van der Waals surface area (Å²) >= 11 is 0. The minimum atomic E-state index is -5.89. The number of nitrogen functional groups attached to an aromatic ring is 4. The van der Waals surface area contributed by atoms with E-state index in [0.29, 0.717) is 139 Å². The lowest BCUT2D eigenvalue weighted by Crippen LogP contribution is -2.54. The number of aromatic carboxylic acids is 3. The number of nitrogens with one attached hydrogen (secondary N) is 2. The third-order valence-corrected chi connectivity index (χ3v) is 27.5. The van der Waals surface area contributed by atoms with Crippen molar-refractivity contribution in [3.63, 3.8) is 0 Å². The number of hydrogen-bond donors (Lipinski definition) is 9. The number of aliphatic imine (C=N–C) groups is 2. The van der Waals surface area contributed by atoms with Crippen LogP contribution in [0, 0.1) is 37.0 Å². The molecule has 2 aromatic heterocycles. The van der Waals surface area contributed by atoms with Crippen LogP contribution in [0.5, 0.6) is 0 Å². The first-order valence-electron chi connectivity index (χ1n) is 39.7. The molecule has 0 bridgehead atoms. The average molecular weight is 1910 g/mol. The van der Waals surface area contributed by atoms with E-state index < -0.39 is 116 Å². The van der Waals surface area contributed by atoms with Gasteiger partial charge in [0.1, 0.15) is 11.6 Å². The summed E-state index contributed by atoms with van der Waals surface area (Å²) in [5.74, 6) is 4.10. The maximum atomic E-state index is 15.4. The highest BCUT2D eigenvalue weighted by atomic mass is 32.2. The van der Waals surface area contributed by atoms with E-state index >= 15 is 26.3 Å². The number of carbonyl (C=O) groups is 3. The molecule has 0 atom stereocenters. The van der Waals surface area contributed by atoms with Crippen LogP contribution in [-0.4, -0.2) is 115 Å². The summed E-state index contributed by atoms with van der Waals surface area (Å²) in [5.41, 5.74) is 17.6. The normalized spacial score (nSPS) is 12.7. The van der Waals surface area contributed by atoms with Gasteiger partial charge in [0.2, 0.25) is 40.3 Å². The highest BCUT2D eigenvalue weighted by molar-refractivity contribution is 7.92. The largest absolute Gasteiger partial charge is 0.478 e. The number of nitrogens with two attached hydrogens (primary N) is 4. The summed E-state index contributed by atoms with van der Waals surface area (Å²) < 4.78 is 256. The topological polar surface area (TPSA) is 400 Å². The van der Waals surface area contributed by atoms with E-state index in [1.807, 2.05) is 24.3 Å². The Bertz CT molecular complexity index is 7770. The van der Waals surface area contributed by atoms with Crippen molar-refractivity contribution in [2.45, 2.75) is 77.7 Å². The number of H-pyrrole nitrogens is 2. The maximum absolute atomic E-state index is 15.4. The Labute approximate surface area is 765 Å². The number of terminal acetylenes is 3. The molecular weight excluding hydrogens is 1850 g/mol. The molecule has 0 amide bonds. The van der Waals surface area contributed by atoms with E-state index in [9.17, 15) is 66.0 Å². The molecule has 686 valence electrons. The van der Waals surface area contributed by atoms with E-state index in [0.717, 1.165) is 59.8 Å². The number of hydrogen-bond acceptors (Lipinski definition) is 17. The predicted molar refractivity (Wildman–Crippen MR) is 485 cm³/mol. The summed E-state index contributed by atoms with van der Waals surface area (Å²) in [5, 5.41) is 26.1. The van der Waals surface area contributed by atoms with Gasteiger partial charge in [0.05, 0.1) is 114 Å². The van der Waals surface area contributed by atoms with Crippen LogP contribution < -0.4 is 22.9 Å². The van der Waals surface area contributed by atoms with E-state index in [2.05, 4.69) is 47.7 Å². The molecule has 0 saturated carbocycles. The zero-order valence-electron chi connectivity index (χ0n) is 69.6. The van der Waals surface area contributed by atoms with E-state index in [-0.39, 0.29) is 75.2 Å². The Morgan fingerprint density at radius 1 is 0.324 bits per heavy atom. The SMILES string of the molecule is C#Cc1cccc(C(=O)O)c1.C#Cc1cccc(C2=Nc3ccc(S(=O)(=O)c4ccc5nc(-c6ccc(C(c7ccc(C8=Nc9ccc(S(=O)(=O)c%10ccc%11nc(-c%12cccc(C#C)c%12)[nH]c%11c%10)cc9C8)cc7)(C(F)(F)F)C(F)(F)F)cc6)[nH]c5c4)cc3C2)c1.Nc1ccc(S(=O)(=O)c2ccc(N)c(N)c2)cc1N.O=C(O)c1ccc(C(c2ccc(C(=O)O)cc2)(C(F)(F)F)C(F)(F)F)cc1. The maximum Gasteiger partial charge on any atom is 0.411 e. The van der Waals surface area contributed by atoms with Crippen molar-refractivity contribution in [3.8, 4) is 59.8 Å². The first kappa shape index (κ1) is 95.5. The molecule has 15 aromatic rings. The van der Waals surface area contributed by atoms with Crippen LogP contribution in [0.25, 0.3) is 44.8 Å². The molecule has 136 heavy (non-hydrogen) atoms. The van der Waals surface area contributed by atoms with Gasteiger partial charge in [0.25, 0.3) is 0 Å².